The molecule has 0 amide bonds. The fourth-order valence-electron chi connectivity index (χ4n) is 1.48. The molecule has 1 aromatic carbocycles. The van der Waals surface area contributed by atoms with Crippen molar-refractivity contribution in [2.24, 2.45) is 4.99 Å². The number of hydrogen-bond donors (Lipinski definition) is 0. The van der Waals surface area contributed by atoms with Gasteiger partial charge < -0.3 is 4.90 Å². The second-order valence-corrected chi connectivity index (χ2v) is 3.83. The van der Waals surface area contributed by atoms with Gasteiger partial charge >= 0.3 is 0 Å². The molecule has 0 saturated heterocycles. The van der Waals surface area contributed by atoms with Crippen molar-refractivity contribution in [3.05, 3.63) is 54.1 Å². The van der Waals surface area contributed by atoms with Crippen molar-refractivity contribution >= 4 is 22.5 Å². The largest absolute Gasteiger partial charge is 0.329 e. The van der Waals surface area contributed by atoms with Crippen molar-refractivity contribution in [3.8, 4) is 0 Å². The van der Waals surface area contributed by atoms with E-state index in [0.29, 0.717) is 11.0 Å². The summed E-state index contributed by atoms with van der Waals surface area (Å²) in [5, 5.41) is 0.377. The van der Waals surface area contributed by atoms with Gasteiger partial charge in [0.05, 0.1) is 5.70 Å². The molecule has 2 rings (SSSR count). The van der Waals surface area contributed by atoms with Crippen LogP contribution in [0.3, 0.4) is 0 Å². The maximum Gasteiger partial charge on any atom is 0.133 e. The molecule has 0 aromatic heterocycles. The summed E-state index contributed by atoms with van der Waals surface area (Å²) in [7, 11) is 1.84. The fraction of sp³-hybridized carbons (Fsp3) is 0.0833. The summed E-state index contributed by atoms with van der Waals surface area (Å²) in [6.07, 6.45) is 1.73. The van der Waals surface area contributed by atoms with Gasteiger partial charge in [0.2, 0.25) is 0 Å². The molecular weight excluding hydrogens is 227 g/mol. The van der Waals surface area contributed by atoms with Crippen LogP contribution in [0.4, 0.5) is 4.39 Å². The Morgan fingerprint density at radius 3 is 2.56 bits per heavy atom. The Labute approximate surface area is 98.4 Å². The number of aliphatic imine (C=N–C) groups is 1. The molecule has 1 heterocycles. The molecule has 1 aromatic rings. The Kier molecular flexibility index (Phi) is 2.79. The van der Waals surface area contributed by atoms with Crippen molar-refractivity contribution in [1.82, 2.24) is 4.90 Å². The average molecular weight is 237 g/mol. The summed E-state index contributed by atoms with van der Waals surface area (Å²) in [6.45, 7) is 3.78. The van der Waals surface area contributed by atoms with Gasteiger partial charge in [-0.3, -0.25) is 0 Å². The first kappa shape index (κ1) is 10.9. The lowest BCUT2D eigenvalue weighted by Gasteiger charge is -2.25. The minimum absolute atomic E-state index is 0.263. The standard InChI is InChI=1S/C12H10ClFN2/c1-8-15-12(13)7-11(16(8)2)9-3-5-10(14)6-4-9/h3-7H,1H2,2H3. The van der Waals surface area contributed by atoms with E-state index >= 15 is 0 Å². The van der Waals surface area contributed by atoms with Gasteiger partial charge in [-0.2, -0.15) is 0 Å². The highest BCUT2D eigenvalue weighted by molar-refractivity contribution is 6.69. The van der Waals surface area contributed by atoms with Crippen LogP contribution in [-0.2, 0) is 0 Å². The van der Waals surface area contributed by atoms with Gasteiger partial charge in [-0.25, -0.2) is 9.38 Å². The van der Waals surface area contributed by atoms with Crippen molar-refractivity contribution in [2.75, 3.05) is 7.05 Å². The van der Waals surface area contributed by atoms with Crippen LogP contribution in [0.25, 0.3) is 5.70 Å². The zero-order valence-corrected chi connectivity index (χ0v) is 9.50. The third kappa shape index (κ3) is 1.99. The summed E-state index contributed by atoms with van der Waals surface area (Å²) in [5.74, 6) is 0.299. The molecule has 2 nitrogen and oxygen atoms in total. The Balaban J connectivity index is 2.44. The minimum Gasteiger partial charge on any atom is -0.329 e. The number of allylic oxidation sites excluding steroid dienone is 1. The molecule has 1 aliphatic rings. The van der Waals surface area contributed by atoms with Crippen LogP contribution in [-0.4, -0.2) is 17.1 Å². The van der Waals surface area contributed by atoms with E-state index in [9.17, 15) is 4.39 Å². The molecule has 0 bridgehead atoms. The van der Waals surface area contributed by atoms with E-state index in [0.717, 1.165) is 11.3 Å². The molecule has 0 aliphatic carbocycles. The summed E-state index contributed by atoms with van der Waals surface area (Å²) in [5.41, 5.74) is 1.73. The monoisotopic (exact) mass is 236 g/mol. The number of halogens is 2. The molecule has 0 unspecified atom stereocenters. The topological polar surface area (TPSA) is 15.6 Å². The summed E-state index contributed by atoms with van der Waals surface area (Å²) >= 11 is 5.86. The Bertz CT molecular complexity index is 488. The van der Waals surface area contributed by atoms with Crippen LogP contribution >= 0.6 is 11.6 Å². The summed E-state index contributed by atoms with van der Waals surface area (Å²) in [4.78, 5) is 5.82. The van der Waals surface area contributed by atoms with Gasteiger partial charge in [0, 0.05) is 7.05 Å². The molecule has 0 radical (unpaired) electrons. The fourth-order valence-corrected chi connectivity index (χ4v) is 1.68. The predicted molar refractivity (Wildman–Crippen MR) is 64.6 cm³/mol. The lowest BCUT2D eigenvalue weighted by molar-refractivity contribution is 0.587. The predicted octanol–water partition coefficient (Wildman–Crippen LogP) is 3.22. The lowest BCUT2D eigenvalue weighted by atomic mass is 10.1. The third-order valence-corrected chi connectivity index (χ3v) is 2.57. The summed E-state index contributed by atoms with van der Waals surface area (Å²) in [6, 6.07) is 6.21. The van der Waals surface area contributed by atoms with Crippen molar-refractivity contribution < 1.29 is 4.39 Å². The number of hydrogen-bond acceptors (Lipinski definition) is 2. The highest BCUT2D eigenvalue weighted by atomic mass is 35.5. The maximum atomic E-state index is 12.8. The zero-order chi connectivity index (χ0) is 11.7. The van der Waals surface area contributed by atoms with E-state index in [1.807, 2.05) is 7.05 Å². The molecule has 0 fully saturated rings. The maximum absolute atomic E-state index is 12.8. The van der Waals surface area contributed by atoms with Crippen LogP contribution in [0.15, 0.2) is 47.7 Å². The first-order valence-corrected chi connectivity index (χ1v) is 5.10. The smallest absolute Gasteiger partial charge is 0.133 e. The Hall–Kier alpha value is -1.61. The molecule has 0 spiro atoms. The molecule has 0 N–H and O–H groups in total. The molecule has 4 heteroatoms. The average Bonchev–Trinajstić information content (AvgIpc) is 2.25. The Morgan fingerprint density at radius 2 is 1.94 bits per heavy atom. The van der Waals surface area contributed by atoms with Crippen LogP contribution in [0, 0.1) is 5.82 Å². The SMILES string of the molecule is C=C1N=C(Cl)C=C(c2ccc(F)cc2)N1C. The van der Waals surface area contributed by atoms with Crippen molar-refractivity contribution in [3.63, 3.8) is 0 Å². The minimum atomic E-state index is -0.263. The molecule has 0 saturated carbocycles. The molecule has 82 valence electrons. The highest BCUT2D eigenvalue weighted by Gasteiger charge is 2.15. The van der Waals surface area contributed by atoms with Gasteiger partial charge in [0.25, 0.3) is 0 Å². The van der Waals surface area contributed by atoms with Gasteiger partial charge in [-0.1, -0.05) is 18.2 Å². The van der Waals surface area contributed by atoms with E-state index < -0.39 is 0 Å². The number of nitrogens with zero attached hydrogens (tertiary/aromatic N) is 2. The van der Waals surface area contributed by atoms with Crippen LogP contribution in [0.1, 0.15) is 5.56 Å². The van der Waals surface area contributed by atoms with Crippen LogP contribution in [0.5, 0.6) is 0 Å². The summed E-state index contributed by atoms with van der Waals surface area (Å²) < 4.78 is 12.8. The lowest BCUT2D eigenvalue weighted by Crippen LogP contribution is -2.18. The number of rotatable bonds is 1. The molecule has 16 heavy (non-hydrogen) atoms. The highest BCUT2D eigenvalue weighted by Crippen LogP contribution is 2.26. The van der Waals surface area contributed by atoms with Crippen molar-refractivity contribution in [2.45, 2.75) is 0 Å². The van der Waals surface area contributed by atoms with Crippen molar-refractivity contribution in [1.29, 1.82) is 0 Å². The van der Waals surface area contributed by atoms with E-state index in [-0.39, 0.29) is 5.82 Å². The van der Waals surface area contributed by atoms with Crippen LogP contribution in [0.2, 0.25) is 0 Å². The molecule has 0 atom stereocenters. The van der Waals surface area contributed by atoms with E-state index in [1.165, 1.54) is 12.1 Å². The van der Waals surface area contributed by atoms with Gasteiger partial charge in [0.15, 0.2) is 0 Å². The van der Waals surface area contributed by atoms with Gasteiger partial charge in [0.1, 0.15) is 16.8 Å². The first-order valence-electron chi connectivity index (χ1n) is 4.72. The van der Waals surface area contributed by atoms with E-state index in [1.54, 1.807) is 23.1 Å². The Morgan fingerprint density at radius 1 is 1.31 bits per heavy atom. The van der Waals surface area contributed by atoms with E-state index in [2.05, 4.69) is 11.6 Å². The normalized spacial score (nSPS) is 15.9. The van der Waals surface area contributed by atoms with Crippen LogP contribution < -0.4 is 0 Å². The van der Waals surface area contributed by atoms with Gasteiger partial charge in [-0.15, -0.1) is 0 Å². The second kappa shape index (κ2) is 4.10. The van der Waals surface area contributed by atoms with E-state index in [4.69, 9.17) is 11.6 Å². The quantitative estimate of drug-likeness (QED) is 0.731. The second-order valence-electron chi connectivity index (χ2n) is 3.45. The molecular formula is C12H10ClFN2. The molecule has 1 aliphatic heterocycles. The number of benzene rings is 1. The van der Waals surface area contributed by atoms with Gasteiger partial charge in [-0.05, 0) is 35.9 Å². The zero-order valence-electron chi connectivity index (χ0n) is 8.74. The third-order valence-electron chi connectivity index (χ3n) is 2.38. The first-order chi connectivity index (χ1) is 7.58.